The van der Waals surface area contributed by atoms with Gasteiger partial charge in [0.25, 0.3) is 17.7 Å². The van der Waals surface area contributed by atoms with E-state index in [1.807, 2.05) is 45.0 Å². The number of anilines is 1. The number of aromatic nitrogens is 3. The van der Waals surface area contributed by atoms with Crippen LogP contribution in [0.25, 0.3) is 0 Å². The SMILES string of the molecule is CCn1c(NC(=O)c2ccc3c(c2)C(=O)N(CC(C)C)C3=O)nnc1SCc1ccccc1Cl. The summed E-state index contributed by atoms with van der Waals surface area (Å²) in [6.07, 6.45) is 0. The summed E-state index contributed by atoms with van der Waals surface area (Å²) in [5.41, 5.74) is 1.81. The molecule has 34 heavy (non-hydrogen) atoms. The molecule has 2 heterocycles. The lowest BCUT2D eigenvalue weighted by molar-refractivity contribution is 0.0636. The molecule has 0 spiro atoms. The van der Waals surface area contributed by atoms with Gasteiger partial charge in [0.15, 0.2) is 5.16 Å². The largest absolute Gasteiger partial charge is 0.290 e. The maximum Gasteiger partial charge on any atom is 0.261 e. The molecule has 3 aromatic rings. The van der Waals surface area contributed by atoms with E-state index in [4.69, 9.17) is 11.6 Å². The normalized spacial score (nSPS) is 13.0. The minimum absolute atomic E-state index is 0.148. The van der Waals surface area contributed by atoms with E-state index in [0.29, 0.717) is 40.5 Å². The number of fused-ring (bicyclic) bond motifs is 1. The lowest BCUT2D eigenvalue weighted by Gasteiger charge is -2.15. The second-order valence-electron chi connectivity index (χ2n) is 8.26. The van der Waals surface area contributed by atoms with E-state index < -0.39 is 5.91 Å². The van der Waals surface area contributed by atoms with Gasteiger partial charge in [0.05, 0.1) is 11.1 Å². The maximum absolute atomic E-state index is 12.9. The Morgan fingerprint density at radius 2 is 1.82 bits per heavy atom. The third-order valence-electron chi connectivity index (χ3n) is 5.35. The summed E-state index contributed by atoms with van der Waals surface area (Å²) in [4.78, 5) is 39.5. The van der Waals surface area contributed by atoms with E-state index in [-0.39, 0.29) is 28.9 Å². The first-order chi connectivity index (χ1) is 16.3. The molecule has 3 amide bonds. The number of benzene rings is 2. The minimum atomic E-state index is -0.435. The van der Waals surface area contributed by atoms with Gasteiger partial charge in [-0.1, -0.05) is 55.4 Å². The van der Waals surface area contributed by atoms with Gasteiger partial charge in [0, 0.05) is 29.4 Å². The Morgan fingerprint density at radius 1 is 1.09 bits per heavy atom. The average molecular weight is 498 g/mol. The van der Waals surface area contributed by atoms with Gasteiger partial charge in [-0.05, 0) is 42.7 Å². The highest BCUT2D eigenvalue weighted by Gasteiger charge is 2.36. The number of rotatable bonds is 8. The van der Waals surface area contributed by atoms with Gasteiger partial charge in [-0.25, -0.2) is 0 Å². The molecule has 0 saturated heterocycles. The quantitative estimate of drug-likeness (QED) is 0.356. The van der Waals surface area contributed by atoms with Crippen molar-refractivity contribution in [3.63, 3.8) is 0 Å². The second-order valence-corrected chi connectivity index (χ2v) is 9.61. The molecule has 0 atom stereocenters. The third kappa shape index (κ3) is 4.71. The van der Waals surface area contributed by atoms with Gasteiger partial charge in [0.2, 0.25) is 5.95 Å². The summed E-state index contributed by atoms with van der Waals surface area (Å²) in [5.74, 6) is -0.0755. The summed E-state index contributed by atoms with van der Waals surface area (Å²) in [7, 11) is 0. The first-order valence-electron chi connectivity index (χ1n) is 10.9. The van der Waals surface area contributed by atoms with E-state index in [0.717, 1.165) is 5.56 Å². The first-order valence-corrected chi connectivity index (χ1v) is 12.3. The van der Waals surface area contributed by atoms with Crippen LogP contribution in [0.5, 0.6) is 0 Å². The molecule has 0 bridgehead atoms. The van der Waals surface area contributed by atoms with Crippen LogP contribution >= 0.6 is 23.4 Å². The van der Waals surface area contributed by atoms with Gasteiger partial charge in [-0.3, -0.25) is 29.2 Å². The summed E-state index contributed by atoms with van der Waals surface area (Å²) >= 11 is 7.71. The van der Waals surface area contributed by atoms with Crippen LogP contribution in [-0.2, 0) is 12.3 Å². The fourth-order valence-electron chi connectivity index (χ4n) is 3.67. The molecule has 10 heteroatoms. The topological polar surface area (TPSA) is 97.2 Å². The number of halogens is 1. The molecule has 0 aliphatic carbocycles. The van der Waals surface area contributed by atoms with Crippen molar-refractivity contribution in [2.75, 3.05) is 11.9 Å². The third-order valence-corrected chi connectivity index (χ3v) is 6.74. The monoisotopic (exact) mass is 497 g/mol. The number of carbonyl (C=O) groups is 3. The van der Waals surface area contributed by atoms with Crippen LogP contribution in [-0.4, -0.2) is 43.9 Å². The molecule has 0 saturated carbocycles. The highest BCUT2D eigenvalue weighted by Crippen LogP contribution is 2.28. The number of nitrogens with zero attached hydrogens (tertiary/aromatic N) is 4. The Kier molecular flexibility index (Phi) is 7.04. The number of hydrogen-bond donors (Lipinski definition) is 1. The predicted octanol–water partition coefficient (Wildman–Crippen LogP) is 4.75. The van der Waals surface area contributed by atoms with Crippen LogP contribution in [0.4, 0.5) is 5.95 Å². The van der Waals surface area contributed by atoms with Crippen molar-refractivity contribution >= 4 is 47.0 Å². The Balaban J connectivity index is 1.50. The lowest BCUT2D eigenvalue weighted by atomic mass is 10.1. The molecule has 1 aliphatic heterocycles. The van der Waals surface area contributed by atoms with Crippen LogP contribution < -0.4 is 5.32 Å². The average Bonchev–Trinajstić information content (AvgIpc) is 3.31. The number of hydrogen-bond acceptors (Lipinski definition) is 6. The van der Waals surface area contributed by atoms with E-state index in [9.17, 15) is 14.4 Å². The van der Waals surface area contributed by atoms with Crippen LogP contribution in [0.3, 0.4) is 0 Å². The summed E-state index contributed by atoms with van der Waals surface area (Å²) in [6, 6.07) is 12.1. The van der Waals surface area contributed by atoms with Crippen LogP contribution in [0.15, 0.2) is 47.6 Å². The van der Waals surface area contributed by atoms with Gasteiger partial charge in [-0.2, -0.15) is 0 Å². The summed E-state index contributed by atoms with van der Waals surface area (Å²) in [6.45, 7) is 6.69. The lowest BCUT2D eigenvalue weighted by Crippen LogP contribution is -2.33. The molecular weight excluding hydrogens is 474 g/mol. The fraction of sp³-hybridized carbons (Fsp3) is 0.292. The summed E-state index contributed by atoms with van der Waals surface area (Å²) in [5, 5.41) is 12.4. The van der Waals surface area contributed by atoms with Crippen molar-refractivity contribution in [3.05, 3.63) is 69.7 Å². The van der Waals surface area contributed by atoms with Crippen LogP contribution in [0, 0.1) is 5.92 Å². The van der Waals surface area contributed by atoms with Crippen LogP contribution in [0.2, 0.25) is 5.02 Å². The second kappa shape index (κ2) is 9.99. The Bertz CT molecular complexity index is 1270. The summed E-state index contributed by atoms with van der Waals surface area (Å²) < 4.78 is 1.80. The number of imide groups is 1. The highest BCUT2D eigenvalue weighted by molar-refractivity contribution is 7.98. The van der Waals surface area contributed by atoms with Crippen molar-refractivity contribution < 1.29 is 14.4 Å². The molecule has 8 nitrogen and oxygen atoms in total. The van der Waals surface area contributed by atoms with Crippen molar-refractivity contribution in [1.29, 1.82) is 0 Å². The first kappa shape index (κ1) is 24.0. The smallest absolute Gasteiger partial charge is 0.261 e. The zero-order chi connectivity index (χ0) is 24.4. The van der Waals surface area contributed by atoms with Crippen molar-refractivity contribution in [1.82, 2.24) is 19.7 Å². The van der Waals surface area contributed by atoms with Crippen molar-refractivity contribution in [3.8, 4) is 0 Å². The number of thioether (sulfide) groups is 1. The van der Waals surface area contributed by atoms with E-state index in [1.54, 1.807) is 4.57 Å². The Hall–Kier alpha value is -3.17. The maximum atomic E-state index is 12.9. The molecule has 4 rings (SSSR count). The molecule has 0 unspecified atom stereocenters. The highest BCUT2D eigenvalue weighted by atomic mass is 35.5. The zero-order valence-electron chi connectivity index (χ0n) is 19.0. The molecule has 2 aromatic carbocycles. The van der Waals surface area contributed by atoms with Crippen molar-refractivity contribution in [2.24, 2.45) is 5.92 Å². The molecule has 0 fully saturated rings. The molecule has 1 N–H and O–H groups in total. The Morgan fingerprint density at radius 3 is 2.53 bits per heavy atom. The van der Waals surface area contributed by atoms with Gasteiger partial charge >= 0.3 is 0 Å². The zero-order valence-corrected chi connectivity index (χ0v) is 20.6. The standard InChI is InChI=1S/C24H24ClN5O3S/c1-4-29-23(27-28-24(29)34-13-16-7-5-6-8-19(16)25)26-20(31)15-9-10-17-18(11-15)22(33)30(21(17)32)12-14(2)3/h5-11,14H,4,12-13H2,1-3H3,(H,26,27,31). The molecular formula is C24H24ClN5O3S. The van der Waals surface area contributed by atoms with E-state index >= 15 is 0 Å². The minimum Gasteiger partial charge on any atom is -0.290 e. The van der Waals surface area contributed by atoms with Gasteiger partial charge in [-0.15, -0.1) is 10.2 Å². The van der Waals surface area contributed by atoms with Gasteiger partial charge in [0.1, 0.15) is 0 Å². The molecule has 176 valence electrons. The molecule has 0 radical (unpaired) electrons. The number of carbonyl (C=O) groups excluding carboxylic acids is 3. The van der Waals surface area contributed by atoms with E-state index in [1.165, 1.54) is 34.9 Å². The van der Waals surface area contributed by atoms with Crippen molar-refractivity contribution in [2.45, 2.75) is 38.2 Å². The number of nitrogens with one attached hydrogen (secondary N) is 1. The van der Waals surface area contributed by atoms with E-state index in [2.05, 4.69) is 15.5 Å². The molecule has 1 aliphatic rings. The number of amides is 3. The molecule has 1 aromatic heterocycles. The van der Waals surface area contributed by atoms with Gasteiger partial charge < -0.3 is 0 Å². The van der Waals surface area contributed by atoms with Crippen LogP contribution in [0.1, 0.15) is 57.4 Å². The Labute approximate surface area is 206 Å². The predicted molar refractivity (Wildman–Crippen MR) is 131 cm³/mol. The fourth-order valence-corrected chi connectivity index (χ4v) is 4.96.